The lowest BCUT2D eigenvalue weighted by atomic mass is 9.90. The molecular formula is C40H43F3N6O3. The Morgan fingerprint density at radius 3 is 2.25 bits per heavy atom. The van der Waals surface area contributed by atoms with Crippen molar-refractivity contribution in [3.8, 4) is 16.8 Å². The molecule has 1 aliphatic rings. The predicted molar refractivity (Wildman–Crippen MR) is 197 cm³/mol. The van der Waals surface area contributed by atoms with Gasteiger partial charge in [0.25, 0.3) is 0 Å². The topological polar surface area (TPSA) is 120 Å². The molecule has 0 bridgehead atoms. The number of nitrogen functional groups attached to an aromatic ring is 1. The normalized spacial score (nSPS) is 13.3. The number of ketones is 1. The molecule has 1 saturated carbocycles. The molecule has 4 N–H and O–H groups in total. The van der Waals surface area contributed by atoms with Crippen molar-refractivity contribution in [1.82, 2.24) is 14.7 Å². The van der Waals surface area contributed by atoms with Crippen LogP contribution in [0.3, 0.4) is 0 Å². The zero-order valence-corrected chi connectivity index (χ0v) is 29.9. The number of anilines is 2. The van der Waals surface area contributed by atoms with Gasteiger partial charge < -0.3 is 26.0 Å². The fourth-order valence-corrected chi connectivity index (χ4v) is 6.43. The van der Waals surface area contributed by atoms with Gasteiger partial charge in [-0.15, -0.1) is 0 Å². The average molecular weight is 713 g/mol. The standard InChI is InChI=1S/C40H43F3N6O3/c1-39(2,3)52-38(51)48(22-24-16-17-24)23-26-19-32(36(47(4)5)30-13-7-6-12-28(26)30)29-14-9-15-31(35(29)45)37(50)33-20-34(40(41,42)43)46-49(33)27-11-8-10-25(18-27)21-44/h6-15,18-20,24H,16-17,21-23,44-45H2,1-5H3. The molecule has 1 heterocycles. The monoisotopic (exact) mass is 712 g/mol. The number of ether oxygens (including phenoxy) is 1. The molecule has 6 rings (SSSR count). The minimum absolute atomic E-state index is 0.0193. The number of alkyl halides is 3. The van der Waals surface area contributed by atoms with Crippen LogP contribution in [0.4, 0.5) is 29.3 Å². The highest BCUT2D eigenvalue weighted by Gasteiger charge is 2.37. The molecule has 1 aliphatic carbocycles. The largest absolute Gasteiger partial charge is 0.444 e. The smallest absolute Gasteiger partial charge is 0.435 e. The number of hydrogen-bond acceptors (Lipinski definition) is 7. The van der Waals surface area contributed by atoms with Crippen LogP contribution in [0, 0.1) is 5.92 Å². The third kappa shape index (κ3) is 7.62. The number of nitrogens with two attached hydrogens (primary N) is 2. The average Bonchev–Trinajstić information content (AvgIpc) is 3.79. The van der Waals surface area contributed by atoms with E-state index in [0.717, 1.165) is 45.6 Å². The van der Waals surface area contributed by atoms with Crippen molar-refractivity contribution >= 4 is 34.0 Å². The highest BCUT2D eigenvalue weighted by Crippen LogP contribution is 2.43. The second-order valence-electron chi connectivity index (χ2n) is 14.5. The van der Waals surface area contributed by atoms with Crippen LogP contribution >= 0.6 is 0 Å². The van der Waals surface area contributed by atoms with Gasteiger partial charge in [-0.3, -0.25) is 4.79 Å². The Bertz CT molecular complexity index is 2150. The van der Waals surface area contributed by atoms with Gasteiger partial charge in [0.1, 0.15) is 11.3 Å². The van der Waals surface area contributed by atoms with E-state index in [4.69, 9.17) is 16.2 Å². The van der Waals surface area contributed by atoms with E-state index < -0.39 is 29.3 Å². The number of aromatic nitrogens is 2. The molecule has 4 aromatic carbocycles. The van der Waals surface area contributed by atoms with Gasteiger partial charge in [-0.25, -0.2) is 9.48 Å². The Morgan fingerprint density at radius 1 is 0.923 bits per heavy atom. The second kappa shape index (κ2) is 14.0. The highest BCUT2D eigenvalue weighted by atomic mass is 19.4. The van der Waals surface area contributed by atoms with Gasteiger partial charge in [0, 0.05) is 61.9 Å². The van der Waals surface area contributed by atoms with E-state index in [1.165, 1.54) is 6.07 Å². The van der Waals surface area contributed by atoms with Crippen molar-refractivity contribution in [3.05, 3.63) is 107 Å². The summed E-state index contributed by atoms with van der Waals surface area (Å²) in [4.78, 5) is 31.5. The van der Waals surface area contributed by atoms with Gasteiger partial charge in [-0.2, -0.15) is 18.3 Å². The summed E-state index contributed by atoms with van der Waals surface area (Å²) in [6.45, 7) is 6.49. The van der Waals surface area contributed by atoms with Crippen LogP contribution in [-0.4, -0.2) is 52.8 Å². The van der Waals surface area contributed by atoms with Crippen LogP contribution in [0.15, 0.2) is 78.9 Å². The number of carbonyl (C=O) groups is 2. The molecule has 1 fully saturated rings. The minimum atomic E-state index is -4.80. The van der Waals surface area contributed by atoms with E-state index >= 15 is 0 Å². The van der Waals surface area contributed by atoms with Gasteiger partial charge in [-0.1, -0.05) is 48.5 Å². The SMILES string of the molecule is CN(C)c1c(-c2cccc(C(=O)c3cc(C(F)(F)F)nn3-c3cccc(CN)c3)c2N)cc(CN(CC2CC2)C(=O)OC(C)(C)C)c2ccccc12. The minimum Gasteiger partial charge on any atom is -0.444 e. The number of carbonyl (C=O) groups excluding carboxylic acids is 2. The molecule has 9 nitrogen and oxygen atoms in total. The van der Waals surface area contributed by atoms with Gasteiger partial charge >= 0.3 is 12.3 Å². The second-order valence-corrected chi connectivity index (χ2v) is 14.5. The number of fused-ring (bicyclic) bond motifs is 1. The molecular weight excluding hydrogens is 669 g/mol. The molecule has 1 aromatic heterocycles. The Hall–Kier alpha value is -5.36. The van der Waals surface area contributed by atoms with E-state index in [1.54, 1.807) is 41.3 Å². The third-order valence-electron chi connectivity index (χ3n) is 9.00. The molecule has 0 saturated heterocycles. The first-order valence-electron chi connectivity index (χ1n) is 17.2. The maximum absolute atomic E-state index is 14.3. The van der Waals surface area contributed by atoms with Crippen molar-refractivity contribution in [2.24, 2.45) is 11.7 Å². The summed E-state index contributed by atoms with van der Waals surface area (Å²) in [6.07, 6.45) is -3.11. The molecule has 52 heavy (non-hydrogen) atoms. The Labute approximate surface area is 300 Å². The van der Waals surface area contributed by atoms with Crippen LogP contribution in [-0.2, 0) is 24.0 Å². The Morgan fingerprint density at radius 2 is 1.62 bits per heavy atom. The lowest BCUT2D eigenvalue weighted by Crippen LogP contribution is -2.37. The zero-order valence-electron chi connectivity index (χ0n) is 29.9. The molecule has 5 aromatic rings. The molecule has 0 spiro atoms. The fraction of sp³-hybridized carbons (Fsp3) is 0.325. The number of nitrogens with zero attached hydrogens (tertiary/aromatic N) is 4. The summed E-state index contributed by atoms with van der Waals surface area (Å²) in [7, 11) is 3.81. The van der Waals surface area contributed by atoms with Crippen LogP contribution in [0.5, 0.6) is 0 Å². The number of benzene rings is 4. The number of amides is 1. The van der Waals surface area contributed by atoms with Crippen molar-refractivity contribution in [3.63, 3.8) is 0 Å². The highest BCUT2D eigenvalue weighted by molar-refractivity contribution is 6.14. The number of hydrogen-bond donors (Lipinski definition) is 2. The fourth-order valence-electron chi connectivity index (χ4n) is 6.43. The molecule has 0 radical (unpaired) electrons. The Kier molecular flexibility index (Phi) is 9.80. The van der Waals surface area contributed by atoms with Crippen molar-refractivity contribution in [1.29, 1.82) is 0 Å². The summed E-state index contributed by atoms with van der Waals surface area (Å²) in [6, 6.07) is 22.1. The van der Waals surface area contributed by atoms with Crippen LogP contribution in [0.2, 0.25) is 0 Å². The maximum atomic E-state index is 14.3. The predicted octanol–water partition coefficient (Wildman–Crippen LogP) is 8.20. The third-order valence-corrected chi connectivity index (χ3v) is 9.00. The first-order valence-corrected chi connectivity index (χ1v) is 17.2. The van der Waals surface area contributed by atoms with E-state index in [-0.39, 0.29) is 35.7 Å². The van der Waals surface area contributed by atoms with E-state index in [1.807, 2.05) is 70.1 Å². The van der Waals surface area contributed by atoms with Gasteiger partial charge in [0.15, 0.2) is 5.69 Å². The molecule has 1 amide bonds. The molecule has 272 valence electrons. The first kappa shape index (κ1) is 36.4. The summed E-state index contributed by atoms with van der Waals surface area (Å²) >= 11 is 0. The molecule has 0 unspecified atom stereocenters. The van der Waals surface area contributed by atoms with Crippen molar-refractivity contribution < 1.29 is 27.5 Å². The number of para-hydroxylation sites is 1. The van der Waals surface area contributed by atoms with Gasteiger partial charge in [-0.05, 0) is 80.3 Å². The van der Waals surface area contributed by atoms with E-state index in [9.17, 15) is 22.8 Å². The Balaban J connectivity index is 1.49. The van der Waals surface area contributed by atoms with Crippen LogP contribution in [0.25, 0.3) is 27.6 Å². The summed E-state index contributed by atoms with van der Waals surface area (Å²) in [5, 5.41) is 5.64. The lowest BCUT2D eigenvalue weighted by Gasteiger charge is -2.29. The first-order chi connectivity index (χ1) is 24.6. The summed E-state index contributed by atoms with van der Waals surface area (Å²) < 4.78 is 48.7. The molecule has 12 heteroatoms. The molecule has 0 aliphatic heterocycles. The maximum Gasteiger partial charge on any atom is 0.435 e. The van der Waals surface area contributed by atoms with Crippen molar-refractivity contribution in [2.45, 2.75) is 58.5 Å². The van der Waals surface area contributed by atoms with E-state index in [2.05, 4.69) is 5.10 Å². The zero-order chi connectivity index (χ0) is 37.5. The van der Waals surface area contributed by atoms with Gasteiger partial charge in [0.05, 0.1) is 17.1 Å². The number of rotatable bonds is 10. The van der Waals surface area contributed by atoms with Crippen LogP contribution in [0.1, 0.15) is 66.5 Å². The number of halogens is 3. The molecule has 0 atom stereocenters. The summed E-state index contributed by atoms with van der Waals surface area (Å²) in [5.41, 5.74) is 14.4. The van der Waals surface area contributed by atoms with E-state index in [0.29, 0.717) is 29.2 Å². The van der Waals surface area contributed by atoms with Gasteiger partial charge in [0.2, 0.25) is 5.78 Å². The quantitative estimate of drug-likeness (QED) is 0.111. The lowest BCUT2D eigenvalue weighted by molar-refractivity contribution is -0.141. The van der Waals surface area contributed by atoms with Crippen molar-refractivity contribution in [2.75, 3.05) is 31.3 Å². The summed E-state index contributed by atoms with van der Waals surface area (Å²) in [5.74, 6) is -0.324. The van der Waals surface area contributed by atoms with Crippen LogP contribution < -0.4 is 16.4 Å².